The fourth-order valence-electron chi connectivity index (χ4n) is 1.88. The van der Waals surface area contributed by atoms with Gasteiger partial charge in [0.1, 0.15) is 11.5 Å². The fraction of sp³-hybridized carbons (Fsp3) is 0.267. The smallest absolute Gasteiger partial charge is 0.345 e. The Labute approximate surface area is 126 Å². The maximum absolute atomic E-state index is 11.0. The van der Waals surface area contributed by atoms with E-state index in [-0.39, 0.29) is 6.61 Å². The molecule has 0 radical (unpaired) electrons. The van der Waals surface area contributed by atoms with E-state index in [9.17, 15) is 4.79 Å². The van der Waals surface area contributed by atoms with E-state index in [4.69, 9.17) is 19.3 Å². The Hall–Kier alpha value is -2.21. The number of aryl methyl sites for hydroxylation is 1. The first-order valence-electron chi connectivity index (χ1n) is 6.23. The lowest BCUT2D eigenvalue weighted by molar-refractivity contribution is 0.0702. The number of carboxylic acid groups (broad SMARTS) is 1. The van der Waals surface area contributed by atoms with Crippen LogP contribution in [0.3, 0.4) is 0 Å². The normalized spacial score (nSPS) is 10.2. The second-order valence-electron chi connectivity index (χ2n) is 4.28. The molecule has 2 rings (SSSR count). The van der Waals surface area contributed by atoms with Gasteiger partial charge in [0, 0.05) is 10.4 Å². The summed E-state index contributed by atoms with van der Waals surface area (Å²) in [6.45, 7) is 2.13. The van der Waals surface area contributed by atoms with E-state index < -0.39 is 5.97 Å². The van der Waals surface area contributed by atoms with Crippen LogP contribution in [0.25, 0.3) is 0 Å². The third-order valence-electron chi connectivity index (χ3n) is 2.99. The number of para-hydroxylation sites is 1. The van der Waals surface area contributed by atoms with Gasteiger partial charge in [0.2, 0.25) is 5.75 Å². The van der Waals surface area contributed by atoms with Gasteiger partial charge in [-0.15, -0.1) is 11.3 Å². The number of rotatable bonds is 6. The minimum Gasteiger partial charge on any atom is -0.493 e. The molecule has 0 saturated carbocycles. The topological polar surface area (TPSA) is 65.0 Å². The molecule has 1 aromatic carbocycles. The summed E-state index contributed by atoms with van der Waals surface area (Å²) in [5, 5.41) is 9.00. The SMILES string of the molecule is COc1cccc(OC)c1OCc1cc(C(=O)O)sc1C. The number of aromatic carboxylic acids is 1. The average Bonchev–Trinajstić information content (AvgIpc) is 2.86. The number of carboxylic acids is 1. The van der Waals surface area contributed by atoms with Gasteiger partial charge in [0.25, 0.3) is 0 Å². The second kappa shape index (κ2) is 6.49. The summed E-state index contributed by atoms with van der Waals surface area (Å²) in [5.74, 6) is 0.718. The molecule has 0 spiro atoms. The van der Waals surface area contributed by atoms with Crippen LogP contribution < -0.4 is 14.2 Å². The Bertz CT molecular complexity index is 625. The van der Waals surface area contributed by atoms with Gasteiger partial charge >= 0.3 is 5.97 Å². The molecule has 0 aliphatic carbocycles. The van der Waals surface area contributed by atoms with Gasteiger partial charge in [-0.3, -0.25) is 0 Å². The number of hydrogen-bond donors (Lipinski definition) is 1. The van der Waals surface area contributed by atoms with Crippen molar-refractivity contribution in [2.75, 3.05) is 14.2 Å². The highest BCUT2D eigenvalue weighted by Crippen LogP contribution is 2.37. The third kappa shape index (κ3) is 3.28. The monoisotopic (exact) mass is 308 g/mol. The fourth-order valence-corrected chi connectivity index (χ4v) is 2.75. The van der Waals surface area contributed by atoms with Crippen molar-refractivity contribution in [3.8, 4) is 17.2 Å². The number of ether oxygens (including phenoxy) is 3. The van der Waals surface area contributed by atoms with Crippen molar-refractivity contribution in [3.05, 3.63) is 39.6 Å². The summed E-state index contributed by atoms with van der Waals surface area (Å²) in [6.07, 6.45) is 0. The molecule has 1 N–H and O–H groups in total. The van der Waals surface area contributed by atoms with Crippen LogP contribution in [0.2, 0.25) is 0 Å². The van der Waals surface area contributed by atoms with Crippen molar-refractivity contribution in [3.63, 3.8) is 0 Å². The van der Waals surface area contributed by atoms with E-state index in [0.717, 1.165) is 10.4 Å². The average molecular weight is 308 g/mol. The standard InChI is InChI=1S/C15H16O5S/c1-9-10(7-13(21-9)15(16)17)8-20-14-11(18-2)5-4-6-12(14)19-3/h4-7H,8H2,1-3H3,(H,16,17). The van der Waals surface area contributed by atoms with Crippen LogP contribution in [0, 0.1) is 6.92 Å². The highest BCUT2D eigenvalue weighted by atomic mass is 32.1. The maximum atomic E-state index is 11.0. The summed E-state index contributed by atoms with van der Waals surface area (Å²) in [7, 11) is 3.11. The first kappa shape index (κ1) is 15.2. The van der Waals surface area contributed by atoms with Crippen LogP contribution in [0.15, 0.2) is 24.3 Å². The lowest BCUT2D eigenvalue weighted by Gasteiger charge is -2.13. The van der Waals surface area contributed by atoms with Gasteiger partial charge < -0.3 is 19.3 Å². The van der Waals surface area contributed by atoms with E-state index in [1.807, 2.05) is 13.0 Å². The van der Waals surface area contributed by atoms with Crippen molar-refractivity contribution in [2.24, 2.45) is 0 Å². The largest absolute Gasteiger partial charge is 0.493 e. The molecule has 0 bridgehead atoms. The number of methoxy groups -OCH3 is 2. The summed E-state index contributed by atoms with van der Waals surface area (Å²) in [5.41, 5.74) is 0.838. The van der Waals surface area contributed by atoms with Crippen LogP contribution in [0.4, 0.5) is 0 Å². The molecule has 0 aliphatic heterocycles. The molecule has 2 aromatic rings. The Balaban J connectivity index is 2.22. The van der Waals surface area contributed by atoms with Crippen LogP contribution in [0.5, 0.6) is 17.2 Å². The number of benzene rings is 1. The lowest BCUT2D eigenvalue weighted by Crippen LogP contribution is -2.00. The van der Waals surface area contributed by atoms with Crippen LogP contribution >= 0.6 is 11.3 Å². The van der Waals surface area contributed by atoms with Gasteiger partial charge in [-0.25, -0.2) is 4.79 Å². The summed E-state index contributed by atoms with van der Waals surface area (Å²) in [6, 6.07) is 7.00. The lowest BCUT2D eigenvalue weighted by atomic mass is 10.2. The first-order chi connectivity index (χ1) is 10.1. The molecule has 1 heterocycles. The highest BCUT2D eigenvalue weighted by molar-refractivity contribution is 7.14. The molecule has 6 heteroatoms. The van der Waals surface area contributed by atoms with E-state index >= 15 is 0 Å². The minimum atomic E-state index is -0.927. The van der Waals surface area contributed by atoms with Crippen molar-refractivity contribution >= 4 is 17.3 Å². The molecule has 0 fully saturated rings. The zero-order chi connectivity index (χ0) is 15.4. The number of thiophene rings is 1. The summed E-state index contributed by atoms with van der Waals surface area (Å²) >= 11 is 1.24. The quantitative estimate of drug-likeness (QED) is 0.886. The predicted octanol–water partition coefficient (Wildman–Crippen LogP) is 3.35. The Morgan fingerprint density at radius 3 is 2.33 bits per heavy atom. The molecular formula is C15H16O5S. The molecule has 0 amide bonds. The molecule has 0 atom stereocenters. The molecule has 0 aliphatic rings. The molecular weight excluding hydrogens is 292 g/mol. The van der Waals surface area contributed by atoms with Crippen molar-refractivity contribution < 1.29 is 24.1 Å². The van der Waals surface area contributed by atoms with Gasteiger partial charge in [0.15, 0.2) is 11.5 Å². The molecule has 5 nitrogen and oxygen atoms in total. The van der Waals surface area contributed by atoms with Crippen molar-refractivity contribution in [1.82, 2.24) is 0 Å². The zero-order valence-electron chi connectivity index (χ0n) is 12.0. The zero-order valence-corrected chi connectivity index (χ0v) is 12.8. The first-order valence-corrected chi connectivity index (χ1v) is 7.04. The Morgan fingerprint density at radius 1 is 1.24 bits per heavy atom. The third-order valence-corrected chi connectivity index (χ3v) is 4.07. The minimum absolute atomic E-state index is 0.256. The molecule has 0 unspecified atom stereocenters. The van der Waals surface area contributed by atoms with Gasteiger partial charge in [-0.2, -0.15) is 0 Å². The second-order valence-corrected chi connectivity index (χ2v) is 5.53. The van der Waals surface area contributed by atoms with Gasteiger partial charge in [-0.1, -0.05) is 6.07 Å². The highest BCUT2D eigenvalue weighted by Gasteiger charge is 2.15. The molecule has 21 heavy (non-hydrogen) atoms. The van der Waals surface area contributed by atoms with E-state index in [0.29, 0.717) is 22.1 Å². The van der Waals surface area contributed by atoms with E-state index in [2.05, 4.69) is 0 Å². The summed E-state index contributed by atoms with van der Waals surface area (Å²) in [4.78, 5) is 12.2. The van der Waals surface area contributed by atoms with E-state index in [1.165, 1.54) is 11.3 Å². The molecule has 1 aromatic heterocycles. The Morgan fingerprint density at radius 2 is 1.86 bits per heavy atom. The summed E-state index contributed by atoms with van der Waals surface area (Å²) < 4.78 is 16.3. The van der Waals surface area contributed by atoms with Gasteiger partial charge in [0.05, 0.1) is 14.2 Å². The van der Waals surface area contributed by atoms with Crippen LogP contribution in [-0.2, 0) is 6.61 Å². The number of carbonyl (C=O) groups is 1. The predicted molar refractivity (Wildman–Crippen MR) is 79.9 cm³/mol. The molecule has 0 saturated heterocycles. The van der Waals surface area contributed by atoms with Crippen LogP contribution in [0.1, 0.15) is 20.1 Å². The van der Waals surface area contributed by atoms with E-state index in [1.54, 1.807) is 32.4 Å². The van der Waals surface area contributed by atoms with Gasteiger partial charge in [-0.05, 0) is 25.1 Å². The number of hydrogen-bond acceptors (Lipinski definition) is 5. The molecule has 112 valence electrons. The van der Waals surface area contributed by atoms with Crippen molar-refractivity contribution in [2.45, 2.75) is 13.5 Å². The van der Waals surface area contributed by atoms with Crippen molar-refractivity contribution in [1.29, 1.82) is 0 Å². The Kier molecular flexibility index (Phi) is 4.70. The van der Waals surface area contributed by atoms with Crippen LogP contribution in [-0.4, -0.2) is 25.3 Å². The maximum Gasteiger partial charge on any atom is 0.345 e.